The van der Waals surface area contributed by atoms with Gasteiger partial charge in [-0.05, 0) is 154 Å². The molecule has 0 aromatic heterocycles. The van der Waals surface area contributed by atoms with Gasteiger partial charge in [-0.25, -0.2) is 0 Å². The van der Waals surface area contributed by atoms with E-state index in [1.807, 2.05) is 95.2 Å². The molecule has 28 nitrogen and oxygen atoms in total. The largest absolute Gasteiger partial charge is 0.504 e. The van der Waals surface area contributed by atoms with E-state index in [2.05, 4.69) is 103 Å². The average Bonchev–Trinajstić information content (AvgIpc) is 0.702. The molecule has 15 rings (SSSR count). The zero-order valence-corrected chi connectivity index (χ0v) is 86.3. The van der Waals surface area contributed by atoms with Gasteiger partial charge in [0.1, 0.15) is 46.9 Å². The topological polar surface area (TPSA) is 340 Å². The number of likely N-dealkylation sites (N-methyl/N-ethyl adjacent to an activating group) is 3. The Morgan fingerprint density at radius 3 is 0.925 bits per heavy atom. The zero-order chi connectivity index (χ0) is 97.7. The predicted octanol–water partition coefficient (Wildman–Crippen LogP) is 16.9. The van der Waals surface area contributed by atoms with Crippen LogP contribution < -0.4 is 52.1 Å². The molecule has 0 aliphatic carbocycles. The Morgan fingerprint density at radius 2 is 0.639 bits per heavy atom. The molecular weight excluding hydrogens is 1750 g/mol. The molecule has 0 radical (unpaired) electrons. The first kappa shape index (κ1) is 101. The maximum atomic E-state index is 13.2. The average molecular weight is 1890 g/mol. The summed E-state index contributed by atoms with van der Waals surface area (Å²) < 4.78 is 71.5. The number of unbranched alkanes of at least 4 members (excludes halogenated alkanes) is 1. The molecule has 6 aromatic carbocycles. The summed E-state index contributed by atoms with van der Waals surface area (Å²) in [6.07, 6.45) is 5.25. The number of methoxy groups -OCH3 is 11. The van der Waals surface area contributed by atoms with Gasteiger partial charge in [-0.15, -0.1) is 0 Å². The Labute approximate surface area is 796 Å². The van der Waals surface area contributed by atoms with Crippen molar-refractivity contribution in [2.24, 2.45) is 5.41 Å². The lowest BCUT2D eigenvalue weighted by Crippen LogP contribution is -2.68. The van der Waals surface area contributed by atoms with Crippen molar-refractivity contribution in [3.8, 4) is 116 Å². The van der Waals surface area contributed by atoms with Crippen molar-refractivity contribution in [2.75, 3.05) is 123 Å². The molecular formula is C102H141N9O19S2Si. The monoisotopic (exact) mass is 1890 g/mol. The van der Waals surface area contributed by atoms with Gasteiger partial charge in [0.2, 0.25) is 0 Å². The highest BCUT2D eigenvalue weighted by Gasteiger charge is 2.62. The lowest BCUT2D eigenvalue weighted by atomic mass is 9.71. The molecule has 31 heteroatoms. The molecule has 6 N–H and O–H groups in total. The zero-order valence-electron chi connectivity index (χ0n) is 83.7. The summed E-state index contributed by atoms with van der Waals surface area (Å²) in [5.74, 6) is 8.28. The summed E-state index contributed by atoms with van der Waals surface area (Å²) in [5.41, 5.74) is 16.0. The van der Waals surface area contributed by atoms with Gasteiger partial charge in [0, 0.05) is 148 Å². The molecule has 0 saturated carbocycles. The van der Waals surface area contributed by atoms with Crippen LogP contribution in [0.4, 0.5) is 0 Å². The SMILES string of the molecule is CCCCSC[C@H]1c2c(O)c(OC)c(C)c(OC)c2C[C@H]2[C@H]3c4c(O)c(OC)c(C)c(OC)c4C[C@@H]([C@H](C#N)N12)N3C.COc1c(C)c(C)c2c(c1O)[C@@H]1[C@@H]3Cc4c(OC)c(C)c(OC)c(O)c4[C@H](CSC(=O)C(C)(C)C)N3[C@@H](C#N)[C@H](C2)N1C.COc1c(C)c(OC)c2c(c1O)[C@@H]1[C@@H]3Cc4c(OC)c(C)c(OC)c(O)c4[C@H](CO[Si](C(C)C)(C(C)C)C(C)C)N3[C@@H](C#N)[C@H](C2)N1C. The van der Waals surface area contributed by atoms with Crippen molar-refractivity contribution < 1.29 is 92.0 Å². The van der Waals surface area contributed by atoms with Crippen LogP contribution in [-0.4, -0.2) is 251 Å². The Balaban J connectivity index is 0.000000170. The number of carbonyl (C=O) groups is 1. The molecule has 9 heterocycles. The lowest BCUT2D eigenvalue weighted by Gasteiger charge is -2.60. The van der Waals surface area contributed by atoms with Crippen molar-refractivity contribution in [3.63, 3.8) is 0 Å². The van der Waals surface area contributed by atoms with Crippen LogP contribution in [0, 0.1) is 87.9 Å². The number of hydrogen-bond donors (Lipinski definition) is 6. The third-order valence-corrected chi connectivity index (χ3v) is 39.8. The third kappa shape index (κ3) is 15.9. The molecule has 9 aliphatic rings. The van der Waals surface area contributed by atoms with E-state index in [-0.39, 0.29) is 100 Å². The number of rotatable bonds is 24. The predicted molar refractivity (Wildman–Crippen MR) is 518 cm³/mol. The molecule has 9 aliphatic heterocycles. The maximum Gasteiger partial charge on any atom is 0.200 e. The quantitative estimate of drug-likeness (QED) is 0.0242. The van der Waals surface area contributed by atoms with Crippen LogP contribution in [0.25, 0.3) is 0 Å². The first-order valence-corrected chi connectivity index (χ1v) is 50.7. The molecule has 0 unspecified atom stereocenters. The Bertz CT molecular complexity index is 5590. The van der Waals surface area contributed by atoms with Crippen LogP contribution in [-0.2, 0) is 47.7 Å². The van der Waals surface area contributed by atoms with Gasteiger partial charge in [-0.2, -0.15) is 27.5 Å². The maximum absolute atomic E-state index is 13.2. The molecule has 0 spiro atoms. The number of phenols is 6. The summed E-state index contributed by atoms with van der Waals surface area (Å²) in [5, 5.41) is 103. The number of hydrogen-bond acceptors (Lipinski definition) is 30. The van der Waals surface area contributed by atoms with Crippen molar-refractivity contribution in [1.29, 1.82) is 15.8 Å². The summed E-state index contributed by atoms with van der Waals surface area (Å²) in [4.78, 5) is 26.7. The number of carbonyl (C=O) groups excluding carboxylic acids is 1. The second-order valence-corrected chi connectivity index (χ2v) is 46.8. The van der Waals surface area contributed by atoms with Gasteiger partial charge in [-0.1, -0.05) is 87.4 Å². The first-order chi connectivity index (χ1) is 63.1. The van der Waals surface area contributed by atoms with Crippen LogP contribution >= 0.6 is 23.5 Å². The van der Waals surface area contributed by atoms with E-state index in [0.29, 0.717) is 159 Å². The van der Waals surface area contributed by atoms with Crippen molar-refractivity contribution in [1.82, 2.24) is 29.4 Å². The second kappa shape index (κ2) is 39.4. The van der Waals surface area contributed by atoms with Gasteiger partial charge in [-0.3, -0.25) is 34.2 Å². The molecule has 3 fully saturated rings. The van der Waals surface area contributed by atoms with Crippen LogP contribution in [0.2, 0.25) is 16.6 Å². The van der Waals surface area contributed by atoms with E-state index in [0.717, 1.165) is 102 Å². The van der Waals surface area contributed by atoms with E-state index >= 15 is 0 Å². The minimum absolute atomic E-state index is 0.0141. The first-order valence-electron chi connectivity index (χ1n) is 46.4. The van der Waals surface area contributed by atoms with Crippen molar-refractivity contribution in [2.45, 2.75) is 276 Å². The van der Waals surface area contributed by atoms with Gasteiger partial charge >= 0.3 is 0 Å². The molecule has 6 bridgehead atoms. The normalized spacial score (nSPS) is 24.4. The van der Waals surface area contributed by atoms with E-state index in [1.165, 1.54) is 18.9 Å². The number of fused-ring (bicyclic) bond motifs is 21. The number of piperazine rings is 3. The number of benzene rings is 6. The Kier molecular flexibility index (Phi) is 30.0. The number of nitriles is 3. The number of ether oxygens (including phenoxy) is 11. The molecule has 0 amide bonds. The van der Waals surface area contributed by atoms with Crippen LogP contribution in [0.3, 0.4) is 0 Å². The van der Waals surface area contributed by atoms with Crippen molar-refractivity contribution >= 4 is 37.0 Å². The van der Waals surface area contributed by atoms with Gasteiger partial charge < -0.3 is 87.2 Å². The number of aromatic hydroxyl groups is 6. The number of phenolic OH excluding ortho intramolecular Hbond substituents is 6. The minimum Gasteiger partial charge on any atom is -0.504 e. The van der Waals surface area contributed by atoms with Crippen molar-refractivity contribution in [3.05, 3.63) is 106 Å². The minimum atomic E-state index is -2.37. The fourth-order valence-corrected chi connectivity index (χ4v) is 33.3. The highest BCUT2D eigenvalue weighted by atomic mass is 32.2. The summed E-state index contributed by atoms with van der Waals surface area (Å²) >= 11 is 3.06. The lowest BCUT2D eigenvalue weighted by molar-refractivity contribution is -0.117. The Hall–Kier alpha value is -9.30. The summed E-state index contributed by atoms with van der Waals surface area (Å²) in [6, 6.07) is 3.06. The van der Waals surface area contributed by atoms with E-state index in [1.54, 1.807) is 71.1 Å². The van der Waals surface area contributed by atoms with Gasteiger partial charge in [0.25, 0.3) is 0 Å². The highest BCUT2D eigenvalue weighted by molar-refractivity contribution is 8.13. The Morgan fingerprint density at radius 1 is 0.383 bits per heavy atom. The third-order valence-electron chi connectivity index (χ3n) is 31.3. The molecule has 3 saturated heterocycles. The molecule has 6 aromatic rings. The summed E-state index contributed by atoms with van der Waals surface area (Å²) in [7, 11) is 21.3. The molecule has 133 heavy (non-hydrogen) atoms. The fourth-order valence-electron chi connectivity index (χ4n) is 25.6. The summed E-state index contributed by atoms with van der Waals surface area (Å²) in [6.45, 7) is 35.2. The standard InChI is InChI=1S/C37H55N3O7Si.C33H43N3O6S.C32H43N3O6S/c1-18(2)48(19(3)4,20(5)6)47-17-28-29-23(34(43-10)21(7)36(45-12)32(29)41)15-26-31-30-24(14-25(39(31)9)27(16-38)40(26)28)35(44-11)22(8)37(46-13)33(30)42;1-15-16(2)30(41-9)28(38)25-18(15)11-20-22(13-34)36-21(26(25)35(20)7)12-19-24(23(36)14-43-32(39)33(4,5)6)27(37)31(42-10)17(3)29(19)40-8;1-9-10-11-42-15-23-24-18(29(38-5)16(2)31(40-7)27(24)36)13-21-26-25-19(12-20(34(26)4)22(14-33)35(21)23)30(39-6)17(3)32(41-8)28(25)37/h18-20,25-28,31,41-42H,14-15,17H2,1-13H3;20-23,26,37-38H,11-12,14H2,1-10H3;20-23,26,36-37H,9-13,15H2,1-8H3/t25-,26-,27-,28-,31-;2*20-,21-,22-,23-,26-/m000/s1. The van der Waals surface area contributed by atoms with E-state index in [9.17, 15) is 51.2 Å². The fraction of sp³-hybridized carbons (Fsp3) is 0.608. The molecule has 15 atom stereocenters. The highest BCUT2D eigenvalue weighted by Crippen LogP contribution is 2.65. The van der Waals surface area contributed by atoms with Crippen LogP contribution in [0.15, 0.2) is 0 Å². The van der Waals surface area contributed by atoms with Crippen LogP contribution in [0.5, 0.6) is 97.7 Å². The second-order valence-electron chi connectivity index (χ2n) is 39.2. The van der Waals surface area contributed by atoms with E-state index in [4.69, 9.17) is 56.5 Å². The van der Waals surface area contributed by atoms with Gasteiger partial charge in [0.15, 0.2) is 82.4 Å². The van der Waals surface area contributed by atoms with E-state index < -0.39 is 43.9 Å². The van der Waals surface area contributed by atoms with Crippen LogP contribution in [0.1, 0.15) is 224 Å². The number of nitrogens with zero attached hydrogens (tertiary/aromatic N) is 9. The van der Waals surface area contributed by atoms with Gasteiger partial charge in [0.05, 0.1) is 133 Å². The molecule has 724 valence electrons. The number of thioether (sulfide) groups is 2. The smallest absolute Gasteiger partial charge is 0.200 e.